The first kappa shape index (κ1) is 7.63. The number of rotatable bonds is 1. The van der Waals surface area contributed by atoms with Gasteiger partial charge in [-0.1, -0.05) is 11.3 Å². The Bertz CT molecular complexity index is 441. The quantitative estimate of drug-likeness (QED) is 0.752. The predicted octanol–water partition coefficient (Wildman–Crippen LogP) is 1.26. The van der Waals surface area contributed by atoms with E-state index in [1.54, 1.807) is 0 Å². The topological polar surface area (TPSA) is 58.6 Å². The lowest BCUT2D eigenvalue weighted by Gasteiger charge is -1.80. The van der Waals surface area contributed by atoms with Crippen LogP contribution in [-0.4, -0.2) is 14.6 Å². The van der Waals surface area contributed by atoms with E-state index in [1.807, 2.05) is 13.0 Å². The Morgan fingerprint density at radius 2 is 2.42 bits per heavy atom. The second-order valence-electron chi connectivity index (χ2n) is 2.25. The first-order valence-electron chi connectivity index (χ1n) is 3.25. The monoisotopic (exact) mass is 199 g/mol. The highest BCUT2D eigenvalue weighted by Crippen LogP contribution is 2.23. The molecule has 0 bridgehead atoms. The maximum Gasteiger partial charge on any atom is 0.322 e. The zero-order valence-electron chi connectivity index (χ0n) is 6.20. The molecule has 0 aliphatic heterocycles. The highest BCUT2D eigenvalue weighted by atomic mass is 32.1. The smallest absolute Gasteiger partial charge is 0.255 e. The van der Waals surface area contributed by atoms with Crippen molar-refractivity contribution in [3.63, 3.8) is 0 Å². The molecule has 0 unspecified atom stereocenters. The van der Waals surface area contributed by atoms with Crippen molar-refractivity contribution in [1.29, 1.82) is 0 Å². The maximum absolute atomic E-state index is 10.8. The molecule has 12 heavy (non-hydrogen) atoms. The van der Waals surface area contributed by atoms with Crippen LogP contribution in [0, 0.1) is 6.92 Å². The Hall–Kier alpha value is -1.01. The van der Waals surface area contributed by atoms with Gasteiger partial charge in [-0.3, -0.25) is 4.79 Å². The SMILES string of the molecule is Cc1cc(-c2n[nH]c(=O)s2)sn1. The van der Waals surface area contributed by atoms with E-state index in [1.165, 1.54) is 11.5 Å². The fourth-order valence-corrected chi connectivity index (χ4v) is 2.20. The average Bonchev–Trinajstić information content (AvgIpc) is 2.58. The molecule has 0 aromatic carbocycles. The standard InChI is InChI=1S/C6H5N3OS2/c1-3-2-4(12-9-3)5-7-8-6(10)11-5/h2H,1H3,(H,8,10). The molecule has 2 heterocycles. The van der Waals surface area contributed by atoms with Crippen molar-refractivity contribution in [1.82, 2.24) is 14.6 Å². The number of nitrogens with zero attached hydrogens (tertiary/aromatic N) is 2. The number of hydrogen-bond donors (Lipinski definition) is 1. The second kappa shape index (κ2) is 2.80. The largest absolute Gasteiger partial charge is 0.322 e. The molecular formula is C6H5N3OS2. The van der Waals surface area contributed by atoms with Gasteiger partial charge < -0.3 is 0 Å². The minimum atomic E-state index is -0.129. The van der Waals surface area contributed by atoms with Crippen molar-refractivity contribution < 1.29 is 0 Å². The van der Waals surface area contributed by atoms with Crippen LogP contribution in [0.2, 0.25) is 0 Å². The van der Waals surface area contributed by atoms with Gasteiger partial charge in [0.05, 0.1) is 10.6 Å². The molecule has 2 aromatic rings. The molecule has 62 valence electrons. The van der Waals surface area contributed by atoms with Crippen molar-refractivity contribution in [3.05, 3.63) is 21.4 Å². The normalized spacial score (nSPS) is 10.4. The fraction of sp³-hybridized carbons (Fsp3) is 0.167. The Morgan fingerprint density at radius 1 is 1.58 bits per heavy atom. The van der Waals surface area contributed by atoms with Crippen molar-refractivity contribution in [2.45, 2.75) is 6.92 Å². The summed E-state index contributed by atoms with van der Waals surface area (Å²) in [4.78, 5) is 11.6. The highest BCUT2D eigenvalue weighted by Gasteiger charge is 2.05. The van der Waals surface area contributed by atoms with Crippen LogP contribution in [0.5, 0.6) is 0 Å². The van der Waals surface area contributed by atoms with Crippen LogP contribution in [-0.2, 0) is 0 Å². The van der Waals surface area contributed by atoms with E-state index >= 15 is 0 Å². The molecular weight excluding hydrogens is 194 g/mol. The van der Waals surface area contributed by atoms with Gasteiger partial charge in [-0.05, 0) is 24.5 Å². The number of hydrogen-bond acceptors (Lipinski definition) is 5. The van der Waals surface area contributed by atoms with Gasteiger partial charge in [0, 0.05) is 0 Å². The van der Waals surface area contributed by atoms with Crippen molar-refractivity contribution in [2.75, 3.05) is 0 Å². The third-order valence-electron chi connectivity index (χ3n) is 1.28. The summed E-state index contributed by atoms with van der Waals surface area (Å²) >= 11 is 2.46. The summed E-state index contributed by atoms with van der Waals surface area (Å²) < 4.78 is 4.09. The van der Waals surface area contributed by atoms with Gasteiger partial charge in [-0.2, -0.15) is 9.47 Å². The molecule has 0 amide bonds. The molecule has 0 aliphatic rings. The lowest BCUT2D eigenvalue weighted by atomic mass is 10.4. The van der Waals surface area contributed by atoms with E-state index < -0.39 is 0 Å². The van der Waals surface area contributed by atoms with Gasteiger partial charge in [-0.15, -0.1) is 0 Å². The van der Waals surface area contributed by atoms with Crippen LogP contribution in [0.15, 0.2) is 10.9 Å². The lowest BCUT2D eigenvalue weighted by Crippen LogP contribution is -1.90. The van der Waals surface area contributed by atoms with Gasteiger partial charge in [0.25, 0.3) is 0 Å². The van der Waals surface area contributed by atoms with E-state index in [0.29, 0.717) is 5.01 Å². The number of aromatic amines is 1. The van der Waals surface area contributed by atoms with Gasteiger partial charge in [0.2, 0.25) is 0 Å². The number of H-pyrrole nitrogens is 1. The molecule has 0 atom stereocenters. The fourth-order valence-electron chi connectivity index (χ4n) is 0.800. The molecule has 0 saturated heterocycles. The lowest BCUT2D eigenvalue weighted by molar-refractivity contribution is 1.06. The molecule has 2 aromatic heterocycles. The van der Waals surface area contributed by atoms with Gasteiger partial charge in [0.1, 0.15) is 0 Å². The van der Waals surface area contributed by atoms with E-state index in [-0.39, 0.29) is 4.87 Å². The van der Waals surface area contributed by atoms with Gasteiger partial charge >= 0.3 is 4.87 Å². The molecule has 1 N–H and O–H groups in total. The minimum Gasteiger partial charge on any atom is -0.255 e. The third kappa shape index (κ3) is 1.30. The first-order valence-corrected chi connectivity index (χ1v) is 4.84. The number of nitrogens with one attached hydrogen (secondary N) is 1. The molecule has 6 heteroatoms. The maximum atomic E-state index is 10.8. The summed E-state index contributed by atoms with van der Waals surface area (Å²) in [6, 6.07) is 1.91. The first-order chi connectivity index (χ1) is 5.75. The Labute approximate surface area is 76.1 Å². The van der Waals surface area contributed by atoms with Gasteiger partial charge in [0.15, 0.2) is 5.01 Å². The summed E-state index contributed by atoms with van der Waals surface area (Å²) in [5, 5.41) is 6.93. The van der Waals surface area contributed by atoms with E-state index in [4.69, 9.17) is 0 Å². The summed E-state index contributed by atoms with van der Waals surface area (Å²) in [6.45, 7) is 1.91. The summed E-state index contributed by atoms with van der Waals surface area (Å²) in [7, 11) is 0. The summed E-state index contributed by atoms with van der Waals surface area (Å²) in [5.74, 6) is 0. The molecule has 2 rings (SSSR count). The predicted molar refractivity (Wildman–Crippen MR) is 48.6 cm³/mol. The molecule has 0 spiro atoms. The van der Waals surface area contributed by atoms with Crippen LogP contribution < -0.4 is 4.87 Å². The van der Waals surface area contributed by atoms with E-state index in [0.717, 1.165) is 21.9 Å². The molecule has 4 nitrogen and oxygen atoms in total. The zero-order valence-corrected chi connectivity index (χ0v) is 7.83. The summed E-state index contributed by atoms with van der Waals surface area (Å²) in [5.41, 5.74) is 0.956. The highest BCUT2D eigenvalue weighted by molar-refractivity contribution is 7.17. The van der Waals surface area contributed by atoms with Crippen LogP contribution in [0.25, 0.3) is 9.88 Å². The number of aromatic nitrogens is 3. The third-order valence-corrected chi connectivity index (χ3v) is 3.07. The van der Waals surface area contributed by atoms with Crippen molar-refractivity contribution >= 4 is 22.9 Å². The van der Waals surface area contributed by atoms with Gasteiger partial charge in [-0.25, -0.2) is 5.10 Å². The van der Waals surface area contributed by atoms with E-state index in [2.05, 4.69) is 14.6 Å². The summed E-state index contributed by atoms with van der Waals surface area (Å²) in [6.07, 6.45) is 0. The van der Waals surface area contributed by atoms with Crippen LogP contribution in [0.4, 0.5) is 0 Å². The number of aryl methyl sites for hydroxylation is 1. The van der Waals surface area contributed by atoms with Crippen LogP contribution >= 0.6 is 22.9 Å². The minimum absolute atomic E-state index is 0.129. The van der Waals surface area contributed by atoms with Crippen molar-refractivity contribution in [2.24, 2.45) is 0 Å². The zero-order chi connectivity index (χ0) is 8.55. The Kier molecular flexibility index (Phi) is 1.78. The van der Waals surface area contributed by atoms with Crippen molar-refractivity contribution in [3.8, 4) is 9.88 Å². The average molecular weight is 199 g/mol. The molecule has 0 fully saturated rings. The molecule has 0 aliphatic carbocycles. The van der Waals surface area contributed by atoms with E-state index in [9.17, 15) is 4.79 Å². The van der Waals surface area contributed by atoms with Crippen LogP contribution in [0.1, 0.15) is 5.69 Å². The second-order valence-corrected chi connectivity index (χ2v) is 4.02. The molecule has 0 radical (unpaired) electrons. The Morgan fingerprint density at radius 3 is 2.92 bits per heavy atom. The van der Waals surface area contributed by atoms with Crippen LogP contribution in [0.3, 0.4) is 0 Å². The Balaban J connectivity index is 2.50. The molecule has 0 saturated carbocycles.